The summed E-state index contributed by atoms with van der Waals surface area (Å²) in [6, 6.07) is 0. The second kappa shape index (κ2) is 6.57. The molecule has 2 rings (SSSR count). The maximum atomic E-state index is 4.78. The van der Waals surface area contributed by atoms with Crippen molar-refractivity contribution < 1.29 is 0 Å². The molecule has 0 atom stereocenters. The molecular formula is C17H24N4S. The van der Waals surface area contributed by atoms with Gasteiger partial charge in [0.1, 0.15) is 11.6 Å². The maximum absolute atomic E-state index is 4.78. The van der Waals surface area contributed by atoms with Crippen LogP contribution in [0.2, 0.25) is 0 Å². The summed E-state index contributed by atoms with van der Waals surface area (Å²) in [5, 5.41) is 1.03. The molecule has 5 heteroatoms. The van der Waals surface area contributed by atoms with Crippen molar-refractivity contribution in [3.8, 4) is 0 Å². The molecule has 0 unspecified atom stereocenters. The van der Waals surface area contributed by atoms with Crippen molar-refractivity contribution in [2.24, 2.45) is 9.98 Å². The van der Waals surface area contributed by atoms with Crippen LogP contribution in [0.4, 0.5) is 0 Å². The number of likely N-dealkylation sites (N-methyl/N-ethyl adjacent to an activating group) is 1. The minimum Gasteiger partial charge on any atom is -0.332 e. The highest BCUT2D eigenvalue weighted by atomic mass is 32.2. The highest BCUT2D eigenvalue weighted by Crippen LogP contribution is 2.31. The lowest BCUT2D eigenvalue weighted by Gasteiger charge is -2.37. The largest absolute Gasteiger partial charge is 0.332 e. The normalized spacial score (nSPS) is 20.0. The van der Waals surface area contributed by atoms with E-state index < -0.39 is 0 Å². The van der Waals surface area contributed by atoms with Gasteiger partial charge in [-0.1, -0.05) is 19.2 Å². The van der Waals surface area contributed by atoms with E-state index in [4.69, 9.17) is 4.99 Å². The number of thioether (sulfide) groups is 1. The molecule has 0 aromatic rings. The molecule has 0 saturated carbocycles. The van der Waals surface area contributed by atoms with E-state index in [0.29, 0.717) is 0 Å². The van der Waals surface area contributed by atoms with Gasteiger partial charge in [0.15, 0.2) is 0 Å². The Morgan fingerprint density at radius 1 is 1.32 bits per heavy atom. The van der Waals surface area contributed by atoms with Crippen molar-refractivity contribution in [3.05, 3.63) is 47.8 Å². The fraction of sp³-hybridized carbons (Fsp3) is 0.412. The molecule has 0 amide bonds. The number of allylic oxidation sites excluding steroid dienone is 3. The average molecular weight is 316 g/mol. The summed E-state index contributed by atoms with van der Waals surface area (Å²) in [5.41, 5.74) is 4.35. The van der Waals surface area contributed by atoms with Crippen LogP contribution in [0.5, 0.6) is 0 Å². The summed E-state index contributed by atoms with van der Waals surface area (Å²) < 4.78 is 0. The standard InChI is InChI=1S/C17H24N4S/c1-11-8-9-16(18-11)10-22-14(4)19-17-12(2)13(3)20(6)15(5)21(17)7/h8H,3,5,9-10H2,1-2,4,6-7H3/b19-14+. The van der Waals surface area contributed by atoms with Gasteiger partial charge in [0.2, 0.25) is 0 Å². The summed E-state index contributed by atoms with van der Waals surface area (Å²) in [5.74, 6) is 2.69. The second-order valence-electron chi connectivity index (χ2n) is 5.58. The van der Waals surface area contributed by atoms with Crippen molar-refractivity contribution >= 4 is 22.5 Å². The predicted molar refractivity (Wildman–Crippen MR) is 97.9 cm³/mol. The lowest BCUT2D eigenvalue weighted by Crippen LogP contribution is -2.34. The Kier molecular flexibility index (Phi) is 4.96. The summed E-state index contributed by atoms with van der Waals surface area (Å²) in [7, 11) is 3.96. The van der Waals surface area contributed by atoms with Crippen molar-refractivity contribution in [3.63, 3.8) is 0 Å². The molecule has 0 radical (unpaired) electrons. The minimum atomic E-state index is 0.882. The smallest absolute Gasteiger partial charge is 0.139 e. The van der Waals surface area contributed by atoms with Gasteiger partial charge in [0, 0.05) is 48.9 Å². The van der Waals surface area contributed by atoms with E-state index in [-0.39, 0.29) is 0 Å². The molecule has 22 heavy (non-hydrogen) atoms. The average Bonchev–Trinajstić information content (AvgIpc) is 2.91. The molecule has 0 N–H and O–H groups in total. The first-order chi connectivity index (χ1) is 10.3. The van der Waals surface area contributed by atoms with Crippen LogP contribution in [0.3, 0.4) is 0 Å². The van der Waals surface area contributed by atoms with Crippen LogP contribution >= 0.6 is 11.8 Å². The van der Waals surface area contributed by atoms with E-state index in [1.54, 1.807) is 11.8 Å². The zero-order chi connectivity index (χ0) is 16.4. The Morgan fingerprint density at radius 3 is 2.59 bits per heavy atom. The quantitative estimate of drug-likeness (QED) is 0.583. The van der Waals surface area contributed by atoms with Crippen LogP contribution in [0, 0.1) is 0 Å². The minimum absolute atomic E-state index is 0.882. The van der Waals surface area contributed by atoms with Crippen molar-refractivity contribution in [2.75, 3.05) is 19.8 Å². The fourth-order valence-corrected chi connectivity index (χ4v) is 3.07. The number of rotatable bonds is 3. The van der Waals surface area contributed by atoms with Crippen LogP contribution in [-0.4, -0.2) is 40.4 Å². The van der Waals surface area contributed by atoms with E-state index in [9.17, 15) is 0 Å². The molecule has 2 heterocycles. The van der Waals surface area contributed by atoms with Crippen LogP contribution in [0.1, 0.15) is 27.2 Å². The highest BCUT2D eigenvalue weighted by molar-refractivity contribution is 8.14. The van der Waals surface area contributed by atoms with Gasteiger partial charge >= 0.3 is 0 Å². The molecule has 2 aliphatic rings. The van der Waals surface area contributed by atoms with E-state index >= 15 is 0 Å². The third kappa shape index (κ3) is 3.35. The topological polar surface area (TPSA) is 31.2 Å². The summed E-state index contributed by atoms with van der Waals surface area (Å²) >= 11 is 1.73. The monoisotopic (exact) mass is 316 g/mol. The van der Waals surface area contributed by atoms with Crippen molar-refractivity contribution in [1.29, 1.82) is 0 Å². The van der Waals surface area contributed by atoms with Gasteiger partial charge in [0.05, 0.1) is 5.04 Å². The SMILES string of the molecule is C=C1C(C)=C(/N=C(\C)SCC2=NC(C)=CC2)N(C)C(=C)N1C. The summed E-state index contributed by atoms with van der Waals surface area (Å²) in [6.07, 6.45) is 3.12. The van der Waals surface area contributed by atoms with E-state index in [1.807, 2.05) is 44.7 Å². The lowest BCUT2D eigenvalue weighted by molar-refractivity contribution is 0.333. The van der Waals surface area contributed by atoms with Crippen molar-refractivity contribution in [2.45, 2.75) is 27.2 Å². The van der Waals surface area contributed by atoms with E-state index in [0.717, 1.165) is 45.8 Å². The van der Waals surface area contributed by atoms with E-state index in [2.05, 4.69) is 24.2 Å². The molecule has 4 nitrogen and oxygen atoms in total. The lowest BCUT2D eigenvalue weighted by atomic mass is 10.1. The van der Waals surface area contributed by atoms with E-state index in [1.165, 1.54) is 5.71 Å². The van der Waals surface area contributed by atoms with Crippen molar-refractivity contribution in [1.82, 2.24) is 9.80 Å². The number of nitrogens with zero attached hydrogens (tertiary/aromatic N) is 4. The zero-order valence-electron chi connectivity index (χ0n) is 14.1. The number of aliphatic imine (C=N–C) groups is 2. The van der Waals surface area contributed by atoms with Crippen LogP contribution in [0.25, 0.3) is 0 Å². The Balaban J connectivity index is 2.11. The highest BCUT2D eigenvalue weighted by Gasteiger charge is 2.24. The third-order valence-electron chi connectivity index (χ3n) is 3.94. The van der Waals surface area contributed by atoms with Gasteiger partial charge in [-0.05, 0) is 20.8 Å². The molecule has 0 bridgehead atoms. The molecule has 0 saturated heterocycles. The molecule has 0 fully saturated rings. The fourth-order valence-electron chi connectivity index (χ4n) is 2.36. The first-order valence-corrected chi connectivity index (χ1v) is 8.27. The molecule has 0 aliphatic carbocycles. The molecule has 0 spiro atoms. The maximum Gasteiger partial charge on any atom is 0.139 e. The Bertz CT molecular complexity index is 637. The summed E-state index contributed by atoms with van der Waals surface area (Å²) in [6.45, 7) is 14.3. The predicted octanol–water partition coefficient (Wildman–Crippen LogP) is 3.98. The Hall–Kier alpha value is -1.75. The van der Waals surface area contributed by atoms with Gasteiger partial charge in [-0.2, -0.15) is 0 Å². The number of hydrogen-bond donors (Lipinski definition) is 0. The zero-order valence-corrected chi connectivity index (χ0v) is 14.9. The van der Waals surface area contributed by atoms with Gasteiger partial charge in [-0.3, -0.25) is 4.99 Å². The molecular weight excluding hydrogens is 292 g/mol. The Morgan fingerprint density at radius 2 is 2.00 bits per heavy atom. The Labute approximate surface area is 137 Å². The van der Waals surface area contributed by atoms with Gasteiger partial charge < -0.3 is 9.80 Å². The molecule has 2 aliphatic heterocycles. The first-order valence-electron chi connectivity index (χ1n) is 7.29. The molecule has 0 aromatic heterocycles. The van der Waals surface area contributed by atoms with Gasteiger partial charge in [0.25, 0.3) is 0 Å². The van der Waals surface area contributed by atoms with Gasteiger partial charge in [-0.25, -0.2) is 4.99 Å². The first kappa shape index (κ1) is 16.6. The van der Waals surface area contributed by atoms with Crippen LogP contribution in [0.15, 0.2) is 57.8 Å². The van der Waals surface area contributed by atoms with Crippen LogP contribution < -0.4 is 0 Å². The molecule has 118 valence electrons. The second-order valence-corrected chi connectivity index (χ2v) is 6.74. The van der Waals surface area contributed by atoms with Crippen LogP contribution in [-0.2, 0) is 0 Å². The third-order valence-corrected chi connectivity index (χ3v) is 4.93. The van der Waals surface area contributed by atoms with Gasteiger partial charge in [-0.15, -0.1) is 11.8 Å². The summed E-state index contributed by atoms with van der Waals surface area (Å²) in [4.78, 5) is 13.3. The molecule has 0 aromatic carbocycles. The number of hydrogen-bond acceptors (Lipinski definition) is 5.